The Labute approximate surface area is 69.8 Å². The minimum Gasteiger partial charge on any atom is -0.460 e. The van der Waals surface area contributed by atoms with E-state index in [1.54, 1.807) is 0 Å². The van der Waals surface area contributed by atoms with Crippen LogP contribution in [0.5, 0.6) is 0 Å². The first-order valence-electron chi connectivity index (χ1n) is 2.99. The number of aliphatic hydroxyl groups excluding tert-OH is 1. The van der Waals surface area contributed by atoms with E-state index < -0.39 is 12.0 Å². The topological polar surface area (TPSA) is 116 Å². The summed E-state index contributed by atoms with van der Waals surface area (Å²) < 4.78 is 4.33. The highest BCUT2D eigenvalue weighted by atomic mass is 16.5. The fourth-order valence-corrected chi connectivity index (χ4v) is 0.205. The van der Waals surface area contributed by atoms with Crippen molar-refractivity contribution in [2.75, 3.05) is 13.2 Å². The number of carbonyl (C=O) groups excluding carboxylic acids is 2. The third-order valence-corrected chi connectivity index (χ3v) is 0.502. The highest BCUT2D eigenvalue weighted by Crippen LogP contribution is 1.75. The van der Waals surface area contributed by atoms with E-state index in [2.05, 4.69) is 22.8 Å². The van der Waals surface area contributed by atoms with Gasteiger partial charge in [0.25, 0.3) is 0 Å². The van der Waals surface area contributed by atoms with Crippen molar-refractivity contribution < 1.29 is 19.4 Å². The Balaban J connectivity index is 0. The summed E-state index contributed by atoms with van der Waals surface area (Å²) in [5.41, 5.74) is 8.50. The second-order valence-electron chi connectivity index (χ2n) is 1.50. The Morgan fingerprint density at radius 3 is 2.17 bits per heavy atom. The molecule has 2 amide bonds. The fourth-order valence-electron chi connectivity index (χ4n) is 0.205. The number of esters is 1. The number of rotatable bonds is 3. The molecule has 0 heterocycles. The molecule has 0 aliphatic carbocycles. The molecule has 0 aliphatic rings. The molecule has 5 N–H and O–H groups in total. The largest absolute Gasteiger partial charge is 0.460 e. The molecule has 0 rings (SSSR count). The Bertz CT molecular complexity index is 154. The standard InChI is InChI=1S/C5H8O3.CH4N2O/c1-2-5(7)8-4-3-6;2-1(3)4/h2,6H,1,3-4H2;(H4,2,3,4). The van der Waals surface area contributed by atoms with Crippen LogP contribution < -0.4 is 11.5 Å². The molecule has 6 heteroatoms. The van der Waals surface area contributed by atoms with Crippen LogP contribution in [-0.4, -0.2) is 30.3 Å². The van der Waals surface area contributed by atoms with E-state index in [1.807, 2.05) is 0 Å². The molecular formula is C6H12N2O4. The van der Waals surface area contributed by atoms with Gasteiger partial charge in [-0.2, -0.15) is 0 Å². The van der Waals surface area contributed by atoms with Gasteiger partial charge in [-0.1, -0.05) is 6.58 Å². The lowest BCUT2D eigenvalue weighted by Gasteiger charge is -1.94. The lowest BCUT2D eigenvalue weighted by Crippen LogP contribution is -2.18. The van der Waals surface area contributed by atoms with Crippen molar-refractivity contribution >= 4 is 12.0 Å². The predicted octanol–water partition coefficient (Wildman–Crippen LogP) is -1.27. The van der Waals surface area contributed by atoms with Crippen LogP contribution in [0.15, 0.2) is 12.7 Å². The van der Waals surface area contributed by atoms with Gasteiger partial charge in [0.05, 0.1) is 6.61 Å². The number of amides is 2. The zero-order valence-corrected chi connectivity index (χ0v) is 6.53. The Hall–Kier alpha value is -1.56. The SMILES string of the molecule is C=CC(=O)OCCO.NC(N)=O. The zero-order chi connectivity index (χ0) is 9.98. The van der Waals surface area contributed by atoms with Gasteiger partial charge in [-0.15, -0.1) is 0 Å². The van der Waals surface area contributed by atoms with Gasteiger partial charge in [0.15, 0.2) is 0 Å². The number of nitrogens with two attached hydrogens (primary N) is 2. The Morgan fingerprint density at radius 2 is 1.92 bits per heavy atom. The highest BCUT2D eigenvalue weighted by molar-refractivity contribution is 5.81. The average molecular weight is 176 g/mol. The maximum absolute atomic E-state index is 10.1. The van der Waals surface area contributed by atoms with Crippen molar-refractivity contribution in [2.24, 2.45) is 11.5 Å². The molecule has 0 spiro atoms. The summed E-state index contributed by atoms with van der Waals surface area (Å²) >= 11 is 0. The van der Waals surface area contributed by atoms with Crippen molar-refractivity contribution in [3.8, 4) is 0 Å². The first-order chi connectivity index (χ1) is 5.54. The maximum Gasteiger partial charge on any atom is 0.330 e. The summed E-state index contributed by atoms with van der Waals surface area (Å²) in [4.78, 5) is 19.1. The Kier molecular flexibility index (Phi) is 10.3. The minimum atomic E-state index is -0.833. The van der Waals surface area contributed by atoms with Gasteiger partial charge in [-0.3, -0.25) is 0 Å². The van der Waals surface area contributed by atoms with Gasteiger partial charge in [0, 0.05) is 6.08 Å². The molecule has 0 bridgehead atoms. The van der Waals surface area contributed by atoms with Crippen molar-refractivity contribution in [3.05, 3.63) is 12.7 Å². The van der Waals surface area contributed by atoms with Crippen LogP contribution in [0.2, 0.25) is 0 Å². The first-order valence-corrected chi connectivity index (χ1v) is 2.99. The van der Waals surface area contributed by atoms with Crippen LogP contribution >= 0.6 is 0 Å². The number of primary amides is 2. The van der Waals surface area contributed by atoms with Gasteiger partial charge in [-0.05, 0) is 0 Å². The number of hydrogen-bond donors (Lipinski definition) is 3. The third-order valence-electron chi connectivity index (χ3n) is 0.502. The molecule has 0 saturated carbocycles. The van der Waals surface area contributed by atoms with Gasteiger partial charge in [-0.25, -0.2) is 9.59 Å². The van der Waals surface area contributed by atoms with E-state index in [0.29, 0.717) is 0 Å². The molecule has 0 saturated heterocycles. The van der Waals surface area contributed by atoms with E-state index in [1.165, 1.54) is 0 Å². The molecule has 12 heavy (non-hydrogen) atoms. The predicted molar refractivity (Wildman–Crippen MR) is 42.0 cm³/mol. The van der Waals surface area contributed by atoms with E-state index in [-0.39, 0.29) is 13.2 Å². The van der Waals surface area contributed by atoms with E-state index in [9.17, 15) is 4.79 Å². The molecule has 0 aromatic carbocycles. The van der Waals surface area contributed by atoms with Crippen LogP contribution in [0.25, 0.3) is 0 Å². The molecule has 0 aliphatic heterocycles. The lowest BCUT2D eigenvalue weighted by molar-refractivity contribution is -0.138. The number of hydrogen-bond acceptors (Lipinski definition) is 4. The number of carbonyl (C=O) groups is 2. The molecular weight excluding hydrogens is 164 g/mol. The van der Waals surface area contributed by atoms with Crippen molar-refractivity contribution in [3.63, 3.8) is 0 Å². The molecule has 0 aromatic rings. The third kappa shape index (κ3) is 23.7. The second kappa shape index (κ2) is 9.44. The Morgan fingerprint density at radius 1 is 1.50 bits per heavy atom. The molecule has 0 unspecified atom stereocenters. The van der Waals surface area contributed by atoms with Gasteiger partial charge in [0.2, 0.25) is 0 Å². The summed E-state index contributed by atoms with van der Waals surface area (Å²) in [5, 5.41) is 8.10. The van der Waals surface area contributed by atoms with Crippen molar-refractivity contribution in [2.45, 2.75) is 0 Å². The molecule has 70 valence electrons. The van der Waals surface area contributed by atoms with Crippen LogP contribution in [0, 0.1) is 0 Å². The molecule has 0 atom stereocenters. The lowest BCUT2D eigenvalue weighted by atomic mass is 10.6. The average Bonchev–Trinajstić information content (AvgIpc) is 1.99. The van der Waals surface area contributed by atoms with Gasteiger partial charge < -0.3 is 21.3 Å². The van der Waals surface area contributed by atoms with Crippen LogP contribution in [0.1, 0.15) is 0 Å². The molecule has 0 aromatic heterocycles. The molecule has 0 radical (unpaired) electrons. The highest BCUT2D eigenvalue weighted by Gasteiger charge is 1.90. The smallest absolute Gasteiger partial charge is 0.330 e. The summed E-state index contributed by atoms with van der Waals surface area (Å²) in [6.45, 7) is 3.06. The normalized spacial score (nSPS) is 7.42. The second-order valence-corrected chi connectivity index (χ2v) is 1.50. The number of ether oxygens (including phenoxy) is 1. The van der Waals surface area contributed by atoms with Crippen LogP contribution in [-0.2, 0) is 9.53 Å². The number of aliphatic hydroxyl groups is 1. The first kappa shape index (κ1) is 13.1. The van der Waals surface area contributed by atoms with Crippen molar-refractivity contribution in [1.82, 2.24) is 0 Å². The fraction of sp³-hybridized carbons (Fsp3) is 0.333. The van der Waals surface area contributed by atoms with E-state index >= 15 is 0 Å². The quantitative estimate of drug-likeness (QED) is 0.367. The summed E-state index contributed by atoms with van der Waals surface area (Å²) in [6, 6.07) is -0.833. The summed E-state index contributed by atoms with van der Waals surface area (Å²) in [7, 11) is 0. The van der Waals surface area contributed by atoms with Gasteiger partial charge >= 0.3 is 12.0 Å². The molecule has 0 fully saturated rings. The summed E-state index contributed by atoms with van der Waals surface area (Å²) in [6.07, 6.45) is 1.05. The van der Waals surface area contributed by atoms with Crippen LogP contribution in [0.3, 0.4) is 0 Å². The molecule has 6 nitrogen and oxygen atoms in total. The van der Waals surface area contributed by atoms with E-state index in [4.69, 9.17) is 9.90 Å². The summed E-state index contributed by atoms with van der Waals surface area (Å²) in [5.74, 6) is -0.501. The maximum atomic E-state index is 10.1. The van der Waals surface area contributed by atoms with E-state index in [0.717, 1.165) is 6.08 Å². The zero-order valence-electron chi connectivity index (χ0n) is 6.53. The monoisotopic (exact) mass is 176 g/mol. The number of urea groups is 1. The van der Waals surface area contributed by atoms with Gasteiger partial charge in [0.1, 0.15) is 6.61 Å². The van der Waals surface area contributed by atoms with Crippen molar-refractivity contribution in [1.29, 1.82) is 0 Å². The van der Waals surface area contributed by atoms with Crippen LogP contribution in [0.4, 0.5) is 4.79 Å². The minimum absolute atomic E-state index is 0.0465.